The van der Waals surface area contributed by atoms with E-state index < -0.39 is 0 Å². The minimum Gasteiger partial charge on any atom is -0.335 e. The number of aryl methyl sites for hydroxylation is 1. The van der Waals surface area contributed by atoms with Gasteiger partial charge in [0.25, 0.3) is 0 Å². The largest absolute Gasteiger partial charge is 0.335 e. The lowest BCUT2D eigenvalue weighted by Gasteiger charge is -2.18. The molecule has 18 heavy (non-hydrogen) atoms. The molecule has 0 bridgehead atoms. The Labute approximate surface area is 107 Å². The van der Waals surface area contributed by atoms with Crippen LogP contribution in [0.5, 0.6) is 0 Å². The summed E-state index contributed by atoms with van der Waals surface area (Å²) in [4.78, 5) is 11.9. The van der Waals surface area contributed by atoms with E-state index in [1.54, 1.807) is 10.9 Å². The monoisotopic (exact) mass is 248 g/mol. The van der Waals surface area contributed by atoms with E-state index in [9.17, 15) is 4.79 Å². The van der Waals surface area contributed by atoms with Crippen LogP contribution in [0, 0.1) is 11.8 Å². The zero-order chi connectivity index (χ0) is 12.5. The van der Waals surface area contributed by atoms with Gasteiger partial charge in [0.05, 0.1) is 12.2 Å². The van der Waals surface area contributed by atoms with Gasteiger partial charge in [0.2, 0.25) is 0 Å². The highest BCUT2D eigenvalue weighted by Crippen LogP contribution is 2.44. The second-order valence-electron chi connectivity index (χ2n) is 5.47. The molecule has 0 spiro atoms. The molecule has 2 saturated carbocycles. The summed E-state index contributed by atoms with van der Waals surface area (Å²) < 4.78 is 1.78. The first-order valence-electron chi connectivity index (χ1n) is 6.75. The number of hydrogen-bond donors (Lipinski definition) is 2. The van der Waals surface area contributed by atoms with Crippen LogP contribution in [0.4, 0.5) is 4.79 Å². The maximum absolute atomic E-state index is 11.9. The van der Waals surface area contributed by atoms with E-state index in [-0.39, 0.29) is 6.03 Å². The number of carbonyl (C=O) groups is 1. The van der Waals surface area contributed by atoms with Crippen molar-refractivity contribution in [3.63, 3.8) is 0 Å². The highest BCUT2D eigenvalue weighted by Gasteiger charge is 2.42. The number of urea groups is 1. The summed E-state index contributed by atoms with van der Waals surface area (Å²) in [6.07, 6.45) is 6.87. The molecule has 5 nitrogen and oxygen atoms in total. The summed E-state index contributed by atoms with van der Waals surface area (Å²) in [7, 11) is 1.88. The third kappa shape index (κ3) is 2.66. The molecule has 0 aliphatic heterocycles. The number of hydrogen-bond acceptors (Lipinski definition) is 2. The third-order valence-electron chi connectivity index (χ3n) is 3.91. The number of carbonyl (C=O) groups excluding carboxylic acids is 1. The van der Waals surface area contributed by atoms with Gasteiger partial charge in [-0.2, -0.15) is 5.10 Å². The van der Waals surface area contributed by atoms with Gasteiger partial charge in [0, 0.05) is 19.3 Å². The van der Waals surface area contributed by atoms with E-state index >= 15 is 0 Å². The molecule has 1 aromatic heterocycles. The van der Waals surface area contributed by atoms with Gasteiger partial charge < -0.3 is 10.6 Å². The summed E-state index contributed by atoms with van der Waals surface area (Å²) in [5, 5.41) is 10.1. The van der Waals surface area contributed by atoms with Crippen LogP contribution in [0.1, 0.15) is 31.4 Å². The Bertz CT molecular complexity index is 422. The van der Waals surface area contributed by atoms with Crippen molar-refractivity contribution in [2.24, 2.45) is 18.9 Å². The van der Waals surface area contributed by atoms with E-state index in [0.717, 1.165) is 17.5 Å². The highest BCUT2D eigenvalue weighted by atomic mass is 16.2. The zero-order valence-corrected chi connectivity index (χ0v) is 10.7. The van der Waals surface area contributed by atoms with Crippen molar-refractivity contribution in [1.82, 2.24) is 20.4 Å². The van der Waals surface area contributed by atoms with Crippen molar-refractivity contribution in [2.45, 2.75) is 38.3 Å². The molecule has 2 fully saturated rings. The Morgan fingerprint density at radius 1 is 1.44 bits per heavy atom. The van der Waals surface area contributed by atoms with Crippen molar-refractivity contribution in [2.75, 3.05) is 0 Å². The number of nitrogens with zero attached hydrogens (tertiary/aromatic N) is 2. The lowest BCUT2D eigenvalue weighted by atomic mass is 10.1. The molecule has 0 radical (unpaired) electrons. The minimum absolute atomic E-state index is 0.0417. The molecule has 2 N–H and O–H groups in total. The predicted octanol–water partition coefficient (Wildman–Crippen LogP) is 1.41. The molecule has 5 heteroatoms. The van der Waals surface area contributed by atoms with Gasteiger partial charge in [-0.3, -0.25) is 4.68 Å². The maximum atomic E-state index is 11.9. The summed E-state index contributed by atoms with van der Waals surface area (Å²) in [5.41, 5.74) is 1.01. The van der Waals surface area contributed by atoms with E-state index in [1.807, 2.05) is 13.1 Å². The van der Waals surface area contributed by atoms with Crippen molar-refractivity contribution in [1.29, 1.82) is 0 Å². The van der Waals surface area contributed by atoms with Crippen LogP contribution in [-0.4, -0.2) is 21.9 Å². The molecule has 0 saturated heterocycles. The van der Waals surface area contributed by atoms with Crippen LogP contribution >= 0.6 is 0 Å². The Morgan fingerprint density at radius 3 is 2.61 bits per heavy atom. The topological polar surface area (TPSA) is 59.0 Å². The zero-order valence-electron chi connectivity index (χ0n) is 10.7. The quantitative estimate of drug-likeness (QED) is 0.827. The molecule has 1 heterocycles. The van der Waals surface area contributed by atoms with Gasteiger partial charge in [-0.25, -0.2) is 4.79 Å². The molecule has 0 atom stereocenters. The molecule has 2 amide bonds. The molecular formula is C13H20N4O. The molecule has 98 valence electrons. The summed E-state index contributed by atoms with van der Waals surface area (Å²) in [5.74, 6) is 1.47. The maximum Gasteiger partial charge on any atom is 0.315 e. The summed E-state index contributed by atoms with van der Waals surface area (Å²) in [6.45, 7) is 0.532. The second-order valence-corrected chi connectivity index (χ2v) is 5.47. The fourth-order valence-corrected chi connectivity index (χ4v) is 2.48. The van der Waals surface area contributed by atoms with Crippen LogP contribution in [0.3, 0.4) is 0 Å². The first-order valence-corrected chi connectivity index (χ1v) is 6.75. The molecule has 0 aromatic carbocycles. The lowest BCUT2D eigenvalue weighted by molar-refractivity contribution is 0.232. The van der Waals surface area contributed by atoms with Crippen LogP contribution in [0.15, 0.2) is 12.3 Å². The first kappa shape index (κ1) is 11.6. The van der Waals surface area contributed by atoms with Gasteiger partial charge in [0.1, 0.15) is 0 Å². The summed E-state index contributed by atoms with van der Waals surface area (Å²) >= 11 is 0. The minimum atomic E-state index is -0.0417. The van der Waals surface area contributed by atoms with Gasteiger partial charge >= 0.3 is 6.03 Å². The van der Waals surface area contributed by atoms with Gasteiger partial charge in [-0.05, 0) is 43.6 Å². The second kappa shape index (κ2) is 4.63. The van der Waals surface area contributed by atoms with Crippen LogP contribution < -0.4 is 10.6 Å². The molecule has 0 unspecified atom stereocenters. The number of rotatable bonds is 5. The molecule has 3 rings (SSSR count). The van der Waals surface area contributed by atoms with E-state index in [2.05, 4.69) is 15.7 Å². The highest BCUT2D eigenvalue weighted by molar-refractivity contribution is 5.74. The lowest BCUT2D eigenvalue weighted by Crippen LogP contribution is -2.44. The van der Waals surface area contributed by atoms with E-state index in [4.69, 9.17) is 0 Å². The molecule has 2 aliphatic rings. The smallest absolute Gasteiger partial charge is 0.315 e. The number of amides is 2. The van der Waals surface area contributed by atoms with Crippen molar-refractivity contribution in [3.05, 3.63) is 18.0 Å². The number of nitrogens with one attached hydrogen (secondary N) is 2. The SMILES string of the molecule is Cn1nccc1CNC(=O)NC(C1CC1)C1CC1. The fourth-order valence-electron chi connectivity index (χ4n) is 2.48. The predicted molar refractivity (Wildman–Crippen MR) is 67.8 cm³/mol. The molecular weight excluding hydrogens is 228 g/mol. The van der Waals surface area contributed by atoms with E-state index in [1.165, 1.54) is 25.7 Å². The normalized spacial score (nSPS) is 19.0. The van der Waals surface area contributed by atoms with E-state index in [0.29, 0.717) is 12.6 Å². The third-order valence-corrected chi connectivity index (χ3v) is 3.91. The summed E-state index contributed by atoms with van der Waals surface area (Å²) in [6, 6.07) is 2.29. The standard InChI is InChI=1S/C13H20N4O/c1-17-11(6-7-15-17)8-14-13(18)16-12(9-2-3-9)10-4-5-10/h6-7,9-10,12H,2-5,8H2,1H3,(H2,14,16,18). The molecule has 1 aromatic rings. The fraction of sp³-hybridized carbons (Fsp3) is 0.692. The van der Waals surface area contributed by atoms with Gasteiger partial charge in [-0.15, -0.1) is 0 Å². The Hall–Kier alpha value is -1.52. The van der Waals surface area contributed by atoms with Crippen LogP contribution in [0.2, 0.25) is 0 Å². The average molecular weight is 248 g/mol. The van der Waals surface area contributed by atoms with Gasteiger partial charge in [0.15, 0.2) is 0 Å². The van der Waals surface area contributed by atoms with Gasteiger partial charge in [-0.1, -0.05) is 0 Å². The van der Waals surface area contributed by atoms with Crippen molar-refractivity contribution >= 4 is 6.03 Å². The Kier molecular flexibility index (Phi) is 2.97. The first-order chi connectivity index (χ1) is 8.74. The van der Waals surface area contributed by atoms with Crippen molar-refractivity contribution < 1.29 is 4.79 Å². The Morgan fingerprint density at radius 2 is 2.11 bits per heavy atom. The number of aromatic nitrogens is 2. The molecule has 2 aliphatic carbocycles. The Balaban J connectivity index is 1.47. The average Bonchev–Trinajstić information content (AvgIpc) is 3.24. The van der Waals surface area contributed by atoms with Crippen LogP contribution in [0.25, 0.3) is 0 Å². The van der Waals surface area contributed by atoms with Crippen LogP contribution in [-0.2, 0) is 13.6 Å². The van der Waals surface area contributed by atoms with Crippen molar-refractivity contribution in [3.8, 4) is 0 Å².